The predicted octanol–water partition coefficient (Wildman–Crippen LogP) is 2.82. The van der Waals surface area contributed by atoms with Gasteiger partial charge in [-0.2, -0.15) is 0 Å². The fraction of sp³-hybridized carbons (Fsp3) is 0.588. The SMILES string of the molecule is Cc1ccc(C(=O)N(CCCN)C2CCCCC2)cc1O. The van der Waals surface area contributed by atoms with E-state index in [0.29, 0.717) is 24.7 Å². The molecule has 0 aromatic heterocycles. The molecule has 2 rings (SSSR count). The molecule has 0 spiro atoms. The van der Waals surface area contributed by atoms with Crippen molar-refractivity contribution in [2.45, 2.75) is 51.5 Å². The number of hydrogen-bond donors (Lipinski definition) is 2. The van der Waals surface area contributed by atoms with Crippen LogP contribution in [-0.4, -0.2) is 35.0 Å². The zero-order valence-electron chi connectivity index (χ0n) is 12.8. The van der Waals surface area contributed by atoms with Gasteiger partial charge in [0.25, 0.3) is 5.91 Å². The number of hydrogen-bond acceptors (Lipinski definition) is 3. The van der Waals surface area contributed by atoms with Gasteiger partial charge in [0, 0.05) is 18.2 Å². The van der Waals surface area contributed by atoms with Gasteiger partial charge in [-0.25, -0.2) is 0 Å². The minimum atomic E-state index is 0.0191. The number of nitrogens with zero attached hydrogens (tertiary/aromatic N) is 1. The lowest BCUT2D eigenvalue weighted by molar-refractivity contribution is 0.0632. The van der Waals surface area contributed by atoms with Crippen LogP contribution in [0.1, 0.15) is 54.4 Å². The van der Waals surface area contributed by atoms with Gasteiger partial charge in [-0.1, -0.05) is 25.3 Å². The molecule has 3 N–H and O–H groups in total. The molecule has 0 heterocycles. The number of rotatable bonds is 5. The Morgan fingerprint density at radius 1 is 1.33 bits per heavy atom. The first-order chi connectivity index (χ1) is 10.1. The van der Waals surface area contributed by atoms with Gasteiger partial charge in [-0.3, -0.25) is 4.79 Å². The van der Waals surface area contributed by atoms with Crippen LogP contribution in [0.4, 0.5) is 0 Å². The van der Waals surface area contributed by atoms with Crippen molar-refractivity contribution in [3.05, 3.63) is 29.3 Å². The molecule has 1 aliphatic carbocycles. The van der Waals surface area contributed by atoms with E-state index in [1.807, 2.05) is 11.8 Å². The molecule has 0 bridgehead atoms. The number of benzene rings is 1. The normalized spacial score (nSPS) is 15.9. The highest BCUT2D eigenvalue weighted by atomic mass is 16.3. The van der Waals surface area contributed by atoms with Crippen molar-refractivity contribution in [1.82, 2.24) is 4.90 Å². The van der Waals surface area contributed by atoms with E-state index in [1.165, 1.54) is 19.3 Å². The number of aryl methyl sites for hydroxylation is 1. The lowest BCUT2D eigenvalue weighted by Crippen LogP contribution is -2.42. The van der Waals surface area contributed by atoms with E-state index in [1.54, 1.807) is 18.2 Å². The molecular formula is C17H26N2O2. The molecule has 0 saturated heterocycles. The predicted molar refractivity (Wildman–Crippen MR) is 84.4 cm³/mol. The fourth-order valence-corrected chi connectivity index (χ4v) is 3.01. The Morgan fingerprint density at radius 2 is 2.05 bits per heavy atom. The molecule has 1 amide bonds. The zero-order valence-corrected chi connectivity index (χ0v) is 12.8. The summed E-state index contributed by atoms with van der Waals surface area (Å²) in [6.07, 6.45) is 6.62. The van der Waals surface area contributed by atoms with E-state index in [0.717, 1.165) is 24.8 Å². The van der Waals surface area contributed by atoms with Gasteiger partial charge in [0.1, 0.15) is 5.75 Å². The molecule has 1 aromatic carbocycles. The van der Waals surface area contributed by atoms with E-state index in [4.69, 9.17) is 5.73 Å². The zero-order chi connectivity index (χ0) is 15.2. The highest BCUT2D eigenvalue weighted by Gasteiger charge is 2.26. The van der Waals surface area contributed by atoms with Crippen molar-refractivity contribution in [1.29, 1.82) is 0 Å². The summed E-state index contributed by atoms with van der Waals surface area (Å²) in [5, 5.41) is 9.83. The first-order valence-corrected chi connectivity index (χ1v) is 7.94. The summed E-state index contributed by atoms with van der Waals surface area (Å²) in [5.74, 6) is 0.203. The van der Waals surface area contributed by atoms with Gasteiger partial charge in [0.2, 0.25) is 0 Å². The summed E-state index contributed by atoms with van der Waals surface area (Å²) >= 11 is 0. The fourth-order valence-electron chi connectivity index (χ4n) is 3.01. The van der Waals surface area contributed by atoms with Gasteiger partial charge in [-0.05, 0) is 50.4 Å². The Morgan fingerprint density at radius 3 is 2.67 bits per heavy atom. The standard InChI is InChI=1S/C17H26N2O2/c1-13-8-9-14(12-16(13)20)17(21)19(11-5-10-18)15-6-3-2-4-7-15/h8-9,12,15,20H,2-7,10-11,18H2,1H3. The Bertz CT molecular complexity index is 482. The summed E-state index contributed by atoms with van der Waals surface area (Å²) in [6.45, 7) is 3.13. The third-order valence-corrected chi connectivity index (χ3v) is 4.34. The van der Waals surface area contributed by atoms with E-state index in [-0.39, 0.29) is 11.7 Å². The number of carbonyl (C=O) groups is 1. The summed E-state index contributed by atoms with van der Waals surface area (Å²) in [7, 11) is 0. The summed E-state index contributed by atoms with van der Waals surface area (Å²) < 4.78 is 0. The van der Waals surface area contributed by atoms with Crippen LogP contribution in [0.15, 0.2) is 18.2 Å². The minimum Gasteiger partial charge on any atom is -0.508 e. The molecule has 0 unspecified atom stereocenters. The van der Waals surface area contributed by atoms with Crippen LogP contribution in [0.5, 0.6) is 5.75 Å². The summed E-state index contributed by atoms with van der Waals surface area (Å²) in [4.78, 5) is 14.8. The maximum absolute atomic E-state index is 12.8. The van der Waals surface area contributed by atoms with Crippen LogP contribution in [0.3, 0.4) is 0 Å². The van der Waals surface area contributed by atoms with Crippen molar-refractivity contribution < 1.29 is 9.90 Å². The van der Waals surface area contributed by atoms with E-state index in [2.05, 4.69) is 0 Å². The number of aromatic hydroxyl groups is 1. The third-order valence-electron chi connectivity index (χ3n) is 4.34. The van der Waals surface area contributed by atoms with Crippen molar-refractivity contribution in [3.63, 3.8) is 0 Å². The Labute approximate surface area is 126 Å². The Hall–Kier alpha value is -1.55. The van der Waals surface area contributed by atoms with Crippen molar-refractivity contribution in [2.75, 3.05) is 13.1 Å². The molecule has 0 atom stereocenters. The number of carbonyl (C=O) groups excluding carboxylic acids is 1. The molecule has 4 nitrogen and oxygen atoms in total. The molecule has 116 valence electrons. The first-order valence-electron chi connectivity index (χ1n) is 7.94. The third kappa shape index (κ3) is 3.97. The maximum atomic E-state index is 12.8. The smallest absolute Gasteiger partial charge is 0.254 e. The average molecular weight is 290 g/mol. The highest BCUT2D eigenvalue weighted by molar-refractivity contribution is 5.95. The molecule has 0 aliphatic heterocycles. The number of nitrogens with two attached hydrogens (primary N) is 1. The molecular weight excluding hydrogens is 264 g/mol. The molecule has 21 heavy (non-hydrogen) atoms. The number of amides is 1. The van der Waals surface area contributed by atoms with E-state index < -0.39 is 0 Å². The average Bonchev–Trinajstić information content (AvgIpc) is 2.51. The van der Waals surface area contributed by atoms with Gasteiger partial charge in [0.05, 0.1) is 0 Å². The van der Waals surface area contributed by atoms with Crippen molar-refractivity contribution in [3.8, 4) is 5.75 Å². The Balaban J connectivity index is 2.17. The van der Waals surface area contributed by atoms with Crippen molar-refractivity contribution in [2.24, 2.45) is 5.73 Å². The topological polar surface area (TPSA) is 66.6 Å². The second kappa shape index (κ2) is 7.46. The minimum absolute atomic E-state index is 0.0191. The Kier molecular flexibility index (Phi) is 5.62. The van der Waals surface area contributed by atoms with Gasteiger partial charge in [-0.15, -0.1) is 0 Å². The van der Waals surface area contributed by atoms with Gasteiger partial charge < -0.3 is 15.7 Å². The highest BCUT2D eigenvalue weighted by Crippen LogP contribution is 2.25. The second-order valence-corrected chi connectivity index (χ2v) is 5.93. The van der Waals surface area contributed by atoms with E-state index >= 15 is 0 Å². The first kappa shape index (κ1) is 15.8. The molecule has 1 aliphatic rings. The van der Waals surface area contributed by atoms with Crippen LogP contribution in [0, 0.1) is 6.92 Å². The van der Waals surface area contributed by atoms with Gasteiger partial charge >= 0.3 is 0 Å². The van der Waals surface area contributed by atoms with Crippen molar-refractivity contribution >= 4 is 5.91 Å². The molecule has 4 heteroatoms. The summed E-state index contributed by atoms with van der Waals surface area (Å²) in [5.41, 5.74) is 6.97. The second-order valence-electron chi connectivity index (χ2n) is 5.93. The molecule has 1 fully saturated rings. The van der Waals surface area contributed by atoms with Gasteiger partial charge in [0.15, 0.2) is 0 Å². The number of phenolic OH excluding ortho intramolecular Hbond substituents is 1. The number of phenols is 1. The van der Waals surface area contributed by atoms with Crippen LogP contribution >= 0.6 is 0 Å². The van der Waals surface area contributed by atoms with Crippen LogP contribution in [0.2, 0.25) is 0 Å². The largest absolute Gasteiger partial charge is 0.508 e. The summed E-state index contributed by atoms with van der Waals surface area (Å²) in [6, 6.07) is 5.50. The maximum Gasteiger partial charge on any atom is 0.254 e. The molecule has 1 saturated carbocycles. The molecule has 0 radical (unpaired) electrons. The lowest BCUT2D eigenvalue weighted by atomic mass is 9.93. The quantitative estimate of drug-likeness (QED) is 0.876. The van der Waals surface area contributed by atoms with Crippen LogP contribution < -0.4 is 5.73 Å². The van der Waals surface area contributed by atoms with Crippen LogP contribution in [0.25, 0.3) is 0 Å². The van der Waals surface area contributed by atoms with E-state index in [9.17, 15) is 9.90 Å². The molecule has 1 aromatic rings. The lowest BCUT2D eigenvalue weighted by Gasteiger charge is -2.34. The van der Waals surface area contributed by atoms with Crippen LogP contribution in [-0.2, 0) is 0 Å². The monoisotopic (exact) mass is 290 g/mol.